The molecule has 0 radical (unpaired) electrons. The first kappa shape index (κ1) is 14.3. The first-order valence-electron chi connectivity index (χ1n) is 7.63. The predicted molar refractivity (Wildman–Crippen MR) is 81.5 cm³/mol. The van der Waals surface area contributed by atoms with E-state index in [-0.39, 0.29) is 0 Å². The molecule has 3 heteroatoms. The van der Waals surface area contributed by atoms with Crippen molar-refractivity contribution in [3.63, 3.8) is 0 Å². The minimum atomic E-state index is 0.454. The fourth-order valence-corrected chi connectivity index (χ4v) is 2.88. The lowest BCUT2D eigenvalue weighted by Crippen LogP contribution is -2.39. The van der Waals surface area contributed by atoms with E-state index in [1.165, 1.54) is 36.9 Å². The molecule has 1 aliphatic heterocycles. The Bertz CT molecular complexity index is 414. The standard InChI is InChI=1S/C16H27N3/c1-4-14-7-5-6-8-19(14)16-10-13(11-17)9-15(18-16)12(2)3/h9-10,12,14H,4-8,11,17H2,1-3H3. The lowest BCUT2D eigenvalue weighted by Gasteiger charge is -2.36. The highest BCUT2D eigenvalue weighted by molar-refractivity contribution is 5.44. The minimum Gasteiger partial charge on any atom is -0.354 e. The zero-order valence-corrected chi connectivity index (χ0v) is 12.5. The van der Waals surface area contributed by atoms with Gasteiger partial charge >= 0.3 is 0 Å². The predicted octanol–water partition coefficient (Wildman–Crippen LogP) is 3.43. The molecule has 0 saturated carbocycles. The lowest BCUT2D eigenvalue weighted by atomic mass is 9.99. The second-order valence-electron chi connectivity index (χ2n) is 5.87. The largest absolute Gasteiger partial charge is 0.354 e. The molecule has 0 bridgehead atoms. The number of nitrogens with zero attached hydrogens (tertiary/aromatic N) is 2. The maximum atomic E-state index is 5.84. The summed E-state index contributed by atoms with van der Waals surface area (Å²) in [5.74, 6) is 1.59. The molecule has 0 aromatic carbocycles. The molecule has 1 atom stereocenters. The van der Waals surface area contributed by atoms with Gasteiger partial charge in [0.15, 0.2) is 0 Å². The van der Waals surface area contributed by atoms with Crippen molar-refractivity contribution in [3.8, 4) is 0 Å². The number of hydrogen-bond acceptors (Lipinski definition) is 3. The molecule has 2 N–H and O–H groups in total. The Morgan fingerprint density at radius 2 is 2.16 bits per heavy atom. The maximum Gasteiger partial charge on any atom is 0.129 e. The highest BCUT2D eigenvalue weighted by atomic mass is 15.2. The Hall–Kier alpha value is -1.09. The van der Waals surface area contributed by atoms with Gasteiger partial charge in [0.2, 0.25) is 0 Å². The summed E-state index contributed by atoms with van der Waals surface area (Å²) in [6.07, 6.45) is 5.12. The number of rotatable bonds is 4. The summed E-state index contributed by atoms with van der Waals surface area (Å²) in [7, 11) is 0. The molecule has 2 heterocycles. The van der Waals surface area contributed by atoms with Crippen LogP contribution in [0.4, 0.5) is 5.82 Å². The molecule has 0 aliphatic carbocycles. The highest BCUT2D eigenvalue weighted by Gasteiger charge is 2.22. The van der Waals surface area contributed by atoms with Crippen LogP contribution in [0.15, 0.2) is 12.1 Å². The van der Waals surface area contributed by atoms with Crippen LogP contribution in [0.25, 0.3) is 0 Å². The second kappa shape index (κ2) is 6.38. The fourth-order valence-electron chi connectivity index (χ4n) is 2.88. The molecule has 1 saturated heterocycles. The summed E-state index contributed by atoms with van der Waals surface area (Å²) in [6.45, 7) is 8.40. The third-order valence-electron chi connectivity index (χ3n) is 4.11. The van der Waals surface area contributed by atoms with Crippen molar-refractivity contribution in [2.45, 2.75) is 65.0 Å². The van der Waals surface area contributed by atoms with E-state index in [2.05, 4.69) is 37.8 Å². The maximum absolute atomic E-state index is 5.84. The summed E-state index contributed by atoms with van der Waals surface area (Å²) < 4.78 is 0. The van der Waals surface area contributed by atoms with Crippen LogP contribution in [0.2, 0.25) is 0 Å². The molecular formula is C16H27N3. The Morgan fingerprint density at radius 1 is 1.37 bits per heavy atom. The Balaban J connectivity index is 2.33. The molecule has 106 valence electrons. The van der Waals surface area contributed by atoms with E-state index in [0.29, 0.717) is 18.5 Å². The molecule has 1 aromatic rings. The molecule has 1 fully saturated rings. The van der Waals surface area contributed by atoms with E-state index >= 15 is 0 Å². The number of hydrogen-bond donors (Lipinski definition) is 1. The van der Waals surface area contributed by atoms with Gasteiger partial charge in [0.25, 0.3) is 0 Å². The van der Waals surface area contributed by atoms with Crippen LogP contribution in [0, 0.1) is 0 Å². The monoisotopic (exact) mass is 261 g/mol. The molecule has 1 aliphatic rings. The van der Waals surface area contributed by atoms with Gasteiger partial charge in [-0.3, -0.25) is 0 Å². The van der Waals surface area contributed by atoms with E-state index in [1.54, 1.807) is 0 Å². The first-order chi connectivity index (χ1) is 9.15. The zero-order valence-electron chi connectivity index (χ0n) is 12.5. The van der Waals surface area contributed by atoms with Crippen LogP contribution in [0.5, 0.6) is 0 Å². The number of pyridine rings is 1. The Kier molecular flexibility index (Phi) is 4.81. The van der Waals surface area contributed by atoms with Crippen molar-refractivity contribution in [2.75, 3.05) is 11.4 Å². The summed E-state index contributed by atoms with van der Waals surface area (Å²) >= 11 is 0. The van der Waals surface area contributed by atoms with Crippen LogP contribution in [0.3, 0.4) is 0 Å². The quantitative estimate of drug-likeness (QED) is 0.903. The van der Waals surface area contributed by atoms with Gasteiger partial charge in [-0.15, -0.1) is 0 Å². The summed E-state index contributed by atoms with van der Waals surface area (Å²) in [6, 6.07) is 4.98. The first-order valence-corrected chi connectivity index (χ1v) is 7.63. The van der Waals surface area contributed by atoms with Gasteiger partial charge in [0, 0.05) is 24.8 Å². The summed E-state index contributed by atoms with van der Waals surface area (Å²) in [4.78, 5) is 7.37. The average Bonchev–Trinajstić information content (AvgIpc) is 2.46. The van der Waals surface area contributed by atoms with E-state index in [0.717, 1.165) is 12.4 Å². The highest BCUT2D eigenvalue weighted by Crippen LogP contribution is 2.27. The Morgan fingerprint density at radius 3 is 2.79 bits per heavy atom. The molecule has 1 aromatic heterocycles. The molecular weight excluding hydrogens is 234 g/mol. The van der Waals surface area contributed by atoms with Crippen LogP contribution in [0.1, 0.15) is 63.6 Å². The molecule has 19 heavy (non-hydrogen) atoms. The topological polar surface area (TPSA) is 42.1 Å². The smallest absolute Gasteiger partial charge is 0.129 e. The van der Waals surface area contributed by atoms with Gasteiger partial charge in [0.05, 0.1) is 0 Å². The van der Waals surface area contributed by atoms with Crippen LogP contribution in [-0.4, -0.2) is 17.6 Å². The number of anilines is 1. The number of nitrogens with two attached hydrogens (primary N) is 1. The lowest BCUT2D eigenvalue weighted by molar-refractivity contribution is 0.446. The van der Waals surface area contributed by atoms with Crippen LogP contribution >= 0.6 is 0 Å². The van der Waals surface area contributed by atoms with E-state index < -0.39 is 0 Å². The third kappa shape index (κ3) is 3.27. The molecule has 3 nitrogen and oxygen atoms in total. The zero-order chi connectivity index (χ0) is 13.8. The second-order valence-corrected chi connectivity index (χ2v) is 5.87. The van der Waals surface area contributed by atoms with Crippen LogP contribution < -0.4 is 10.6 Å². The van der Waals surface area contributed by atoms with Gasteiger partial charge in [-0.1, -0.05) is 20.8 Å². The fraction of sp³-hybridized carbons (Fsp3) is 0.688. The van der Waals surface area contributed by atoms with Gasteiger partial charge in [0.1, 0.15) is 5.82 Å². The van der Waals surface area contributed by atoms with Gasteiger partial charge in [-0.05, 0) is 49.3 Å². The van der Waals surface area contributed by atoms with Crippen molar-refractivity contribution >= 4 is 5.82 Å². The van der Waals surface area contributed by atoms with Crippen molar-refractivity contribution in [1.82, 2.24) is 4.98 Å². The van der Waals surface area contributed by atoms with Crippen molar-refractivity contribution in [3.05, 3.63) is 23.4 Å². The van der Waals surface area contributed by atoms with E-state index in [9.17, 15) is 0 Å². The van der Waals surface area contributed by atoms with E-state index in [1.807, 2.05) is 0 Å². The normalized spacial score (nSPS) is 20.1. The number of piperidine rings is 1. The third-order valence-corrected chi connectivity index (χ3v) is 4.11. The van der Waals surface area contributed by atoms with Gasteiger partial charge < -0.3 is 10.6 Å². The van der Waals surface area contributed by atoms with Gasteiger partial charge in [-0.25, -0.2) is 4.98 Å². The summed E-state index contributed by atoms with van der Waals surface area (Å²) in [5.41, 5.74) is 8.21. The molecule has 0 spiro atoms. The Labute approximate surface area is 117 Å². The molecule has 1 unspecified atom stereocenters. The average molecular weight is 261 g/mol. The van der Waals surface area contributed by atoms with Crippen molar-refractivity contribution in [2.24, 2.45) is 5.73 Å². The summed E-state index contributed by atoms with van der Waals surface area (Å²) in [5, 5.41) is 0. The SMILES string of the molecule is CCC1CCCCN1c1cc(CN)cc(C(C)C)n1. The van der Waals surface area contributed by atoms with Crippen molar-refractivity contribution in [1.29, 1.82) is 0 Å². The van der Waals surface area contributed by atoms with Crippen LogP contribution in [-0.2, 0) is 6.54 Å². The minimum absolute atomic E-state index is 0.454. The van der Waals surface area contributed by atoms with E-state index in [4.69, 9.17) is 10.7 Å². The molecule has 0 amide bonds. The molecule has 2 rings (SSSR count). The van der Waals surface area contributed by atoms with Gasteiger partial charge in [-0.2, -0.15) is 0 Å². The number of aromatic nitrogens is 1. The van der Waals surface area contributed by atoms with Crippen molar-refractivity contribution < 1.29 is 0 Å².